The Bertz CT molecular complexity index is 640. The molecule has 5 nitrogen and oxygen atoms in total. The Balaban J connectivity index is 2.01. The summed E-state index contributed by atoms with van der Waals surface area (Å²) in [5.74, 6) is 0.131. The van der Waals surface area contributed by atoms with Crippen molar-refractivity contribution in [2.45, 2.75) is 0 Å². The normalized spacial score (nSPS) is 10.1. The van der Waals surface area contributed by atoms with Crippen molar-refractivity contribution < 1.29 is 14.5 Å². The van der Waals surface area contributed by atoms with Crippen LogP contribution in [-0.4, -0.2) is 17.3 Å². The zero-order valence-corrected chi connectivity index (χ0v) is 12.4. The number of nitro benzene ring substituents is 1. The lowest BCUT2D eigenvalue weighted by Gasteiger charge is -2.05. The van der Waals surface area contributed by atoms with Gasteiger partial charge in [0, 0.05) is 15.2 Å². The SMILES string of the molecule is O=C(COc1cccc([N+](=O)[O-])c1)c1ccc(I)cc1. The molecular weight excluding hydrogens is 373 g/mol. The van der Waals surface area contributed by atoms with E-state index in [1.165, 1.54) is 18.2 Å². The first-order valence-electron chi connectivity index (χ1n) is 5.72. The van der Waals surface area contributed by atoms with Crippen LogP contribution in [0.1, 0.15) is 10.4 Å². The topological polar surface area (TPSA) is 69.4 Å². The molecular formula is C14H10INO4. The number of hydrogen-bond acceptors (Lipinski definition) is 4. The average molecular weight is 383 g/mol. The molecule has 0 spiro atoms. The molecule has 0 aliphatic rings. The van der Waals surface area contributed by atoms with Gasteiger partial charge in [0.1, 0.15) is 5.75 Å². The maximum atomic E-state index is 11.9. The van der Waals surface area contributed by atoms with Crippen molar-refractivity contribution in [3.05, 3.63) is 67.8 Å². The monoisotopic (exact) mass is 383 g/mol. The van der Waals surface area contributed by atoms with Gasteiger partial charge in [-0.05, 0) is 40.8 Å². The highest BCUT2D eigenvalue weighted by atomic mass is 127. The summed E-state index contributed by atoms with van der Waals surface area (Å²) in [6, 6.07) is 12.9. The fraction of sp³-hybridized carbons (Fsp3) is 0.0714. The third-order valence-electron chi connectivity index (χ3n) is 2.56. The van der Waals surface area contributed by atoms with E-state index < -0.39 is 4.92 Å². The molecule has 0 aliphatic carbocycles. The summed E-state index contributed by atoms with van der Waals surface area (Å²) in [4.78, 5) is 22.0. The van der Waals surface area contributed by atoms with Crippen LogP contribution in [0.4, 0.5) is 5.69 Å². The van der Waals surface area contributed by atoms with Crippen LogP contribution in [0, 0.1) is 13.7 Å². The van der Waals surface area contributed by atoms with Gasteiger partial charge in [-0.2, -0.15) is 0 Å². The van der Waals surface area contributed by atoms with Gasteiger partial charge in [-0.3, -0.25) is 14.9 Å². The quantitative estimate of drug-likeness (QED) is 0.343. The number of nitro groups is 1. The van der Waals surface area contributed by atoms with Gasteiger partial charge in [0.2, 0.25) is 0 Å². The van der Waals surface area contributed by atoms with Gasteiger partial charge in [0.15, 0.2) is 12.4 Å². The highest BCUT2D eigenvalue weighted by Crippen LogP contribution is 2.19. The Morgan fingerprint density at radius 1 is 1.20 bits per heavy atom. The summed E-state index contributed by atoms with van der Waals surface area (Å²) in [6.45, 7) is -0.151. The summed E-state index contributed by atoms with van der Waals surface area (Å²) in [5.41, 5.74) is 0.486. The fourth-order valence-corrected chi connectivity index (χ4v) is 1.91. The number of ketones is 1. The molecule has 0 fully saturated rings. The molecule has 0 N–H and O–H groups in total. The zero-order valence-electron chi connectivity index (χ0n) is 10.3. The lowest BCUT2D eigenvalue weighted by Crippen LogP contribution is -2.11. The standard InChI is InChI=1S/C14H10INO4/c15-11-6-4-10(5-7-11)14(17)9-20-13-3-1-2-12(8-13)16(18)19/h1-8H,9H2. The first kappa shape index (κ1) is 14.4. The molecule has 102 valence electrons. The highest BCUT2D eigenvalue weighted by Gasteiger charge is 2.09. The van der Waals surface area contributed by atoms with Crippen LogP contribution in [0.5, 0.6) is 5.75 Å². The molecule has 2 aromatic rings. The number of Topliss-reactive ketones (excluding diaryl/α,β-unsaturated/α-hetero) is 1. The maximum Gasteiger partial charge on any atom is 0.273 e. The summed E-state index contributed by atoms with van der Waals surface area (Å²) in [7, 11) is 0. The van der Waals surface area contributed by atoms with Crippen molar-refractivity contribution in [1.82, 2.24) is 0 Å². The molecule has 0 aliphatic heterocycles. The molecule has 2 aromatic carbocycles. The molecule has 20 heavy (non-hydrogen) atoms. The van der Waals surface area contributed by atoms with Crippen LogP contribution >= 0.6 is 22.6 Å². The Morgan fingerprint density at radius 2 is 1.90 bits per heavy atom. The van der Waals surface area contributed by atoms with Gasteiger partial charge >= 0.3 is 0 Å². The molecule has 2 rings (SSSR count). The third kappa shape index (κ3) is 3.77. The molecule has 0 heterocycles. The number of carbonyl (C=O) groups is 1. The van der Waals surface area contributed by atoms with Crippen LogP contribution < -0.4 is 4.74 Å². The van der Waals surface area contributed by atoms with Gasteiger partial charge in [-0.15, -0.1) is 0 Å². The minimum absolute atomic E-state index is 0.0655. The summed E-state index contributed by atoms with van der Waals surface area (Å²) in [5, 5.41) is 10.6. The second-order valence-electron chi connectivity index (χ2n) is 3.97. The van der Waals surface area contributed by atoms with Crippen molar-refractivity contribution in [1.29, 1.82) is 0 Å². The van der Waals surface area contributed by atoms with E-state index in [0.717, 1.165) is 3.57 Å². The molecule has 6 heteroatoms. The van der Waals surface area contributed by atoms with E-state index in [2.05, 4.69) is 22.6 Å². The second kappa shape index (κ2) is 6.47. The number of nitrogens with zero attached hydrogens (tertiary/aromatic N) is 1. The van der Waals surface area contributed by atoms with Crippen molar-refractivity contribution in [2.24, 2.45) is 0 Å². The van der Waals surface area contributed by atoms with Crippen molar-refractivity contribution in [3.8, 4) is 5.75 Å². The number of halogens is 1. The number of benzene rings is 2. The summed E-state index contributed by atoms with van der Waals surface area (Å²) in [6.07, 6.45) is 0. The lowest BCUT2D eigenvalue weighted by atomic mass is 10.1. The summed E-state index contributed by atoms with van der Waals surface area (Å²) >= 11 is 2.15. The number of ether oxygens (including phenoxy) is 1. The molecule has 0 bridgehead atoms. The van der Waals surface area contributed by atoms with Crippen molar-refractivity contribution >= 4 is 34.1 Å². The van der Waals surface area contributed by atoms with E-state index >= 15 is 0 Å². The van der Waals surface area contributed by atoms with E-state index in [1.807, 2.05) is 12.1 Å². The van der Waals surface area contributed by atoms with Gasteiger partial charge in [0.25, 0.3) is 5.69 Å². The molecule has 0 saturated heterocycles. The predicted molar refractivity (Wildman–Crippen MR) is 82.1 cm³/mol. The summed E-state index contributed by atoms with van der Waals surface area (Å²) < 4.78 is 6.33. The van der Waals surface area contributed by atoms with Crippen LogP contribution in [0.2, 0.25) is 0 Å². The molecule has 0 amide bonds. The smallest absolute Gasteiger partial charge is 0.273 e. The van der Waals surface area contributed by atoms with Crippen LogP contribution in [-0.2, 0) is 0 Å². The predicted octanol–water partition coefficient (Wildman–Crippen LogP) is 3.46. The fourth-order valence-electron chi connectivity index (χ4n) is 1.55. The first-order chi connectivity index (χ1) is 9.56. The van der Waals surface area contributed by atoms with Gasteiger partial charge in [-0.25, -0.2) is 0 Å². The minimum atomic E-state index is -0.506. The number of rotatable bonds is 5. The maximum absolute atomic E-state index is 11.9. The molecule has 0 radical (unpaired) electrons. The van der Waals surface area contributed by atoms with E-state index in [4.69, 9.17) is 4.74 Å². The van der Waals surface area contributed by atoms with Crippen LogP contribution in [0.25, 0.3) is 0 Å². The molecule has 0 atom stereocenters. The average Bonchev–Trinajstić information content (AvgIpc) is 2.46. The van der Waals surface area contributed by atoms with Crippen molar-refractivity contribution in [2.75, 3.05) is 6.61 Å². The number of hydrogen-bond donors (Lipinski definition) is 0. The molecule has 0 unspecified atom stereocenters. The minimum Gasteiger partial charge on any atom is -0.485 e. The van der Waals surface area contributed by atoms with E-state index in [9.17, 15) is 14.9 Å². The number of non-ortho nitro benzene ring substituents is 1. The van der Waals surface area contributed by atoms with Crippen molar-refractivity contribution in [3.63, 3.8) is 0 Å². The Kier molecular flexibility index (Phi) is 4.67. The highest BCUT2D eigenvalue weighted by molar-refractivity contribution is 14.1. The van der Waals surface area contributed by atoms with Crippen LogP contribution in [0.15, 0.2) is 48.5 Å². The third-order valence-corrected chi connectivity index (χ3v) is 3.28. The lowest BCUT2D eigenvalue weighted by molar-refractivity contribution is -0.384. The molecule has 0 saturated carbocycles. The Hall–Kier alpha value is -1.96. The van der Waals surface area contributed by atoms with Gasteiger partial charge in [0.05, 0.1) is 11.0 Å². The zero-order chi connectivity index (χ0) is 14.5. The van der Waals surface area contributed by atoms with Gasteiger partial charge in [-0.1, -0.05) is 18.2 Å². The Morgan fingerprint density at radius 3 is 2.55 bits per heavy atom. The van der Waals surface area contributed by atoms with Gasteiger partial charge < -0.3 is 4.74 Å². The second-order valence-corrected chi connectivity index (χ2v) is 5.22. The van der Waals surface area contributed by atoms with Crippen LogP contribution in [0.3, 0.4) is 0 Å². The Labute approximate surface area is 128 Å². The molecule has 0 aromatic heterocycles. The largest absolute Gasteiger partial charge is 0.485 e. The van der Waals surface area contributed by atoms with E-state index in [0.29, 0.717) is 11.3 Å². The van der Waals surface area contributed by atoms with E-state index in [-0.39, 0.29) is 18.1 Å². The van der Waals surface area contributed by atoms with E-state index in [1.54, 1.807) is 18.2 Å². The first-order valence-corrected chi connectivity index (χ1v) is 6.80. The number of carbonyl (C=O) groups excluding carboxylic acids is 1.